The number of hydrogen-bond donors (Lipinski definition) is 1. The molecule has 1 aliphatic rings. The van der Waals surface area contributed by atoms with Crippen LogP contribution < -0.4 is 10.2 Å². The first-order valence-corrected chi connectivity index (χ1v) is 9.50. The van der Waals surface area contributed by atoms with Crippen molar-refractivity contribution in [1.82, 2.24) is 10.3 Å². The zero-order valence-electron chi connectivity index (χ0n) is 14.1. The molecule has 0 radical (unpaired) electrons. The predicted octanol–water partition coefficient (Wildman–Crippen LogP) is 4.36. The minimum absolute atomic E-state index is 0.645. The Morgan fingerprint density at radius 1 is 1.24 bits per heavy atom. The average molecular weight is 310 g/mol. The topological polar surface area (TPSA) is 28.2 Å². The van der Waals surface area contributed by atoms with Crippen LogP contribution in [0.1, 0.15) is 70.4 Å². The van der Waals surface area contributed by atoms with E-state index in [1.54, 1.807) is 0 Å². The SMILES string of the molecule is CCCNCc1sc(N2C(C)CCC2CC)nc1CCC. The molecule has 1 aromatic rings. The van der Waals surface area contributed by atoms with Crippen LogP contribution in [0.4, 0.5) is 5.13 Å². The smallest absolute Gasteiger partial charge is 0.186 e. The third-order valence-corrected chi connectivity index (χ3v) is 5.56. The van der Waals surface area contributed by atoms with Crippen molar-refractivity contribution in [3.8, 4) is 0 Å². The summed E-state index contributed by atoms with van der Waals surface area (Å²) in [4.78, 5) is 9.06. The maximum absolute atomic E-state index is 5.01. The van der Waals surface area contributed by atoms with Crippen LogP contribution in [-0.4, -0.2) is 23.6 Å². The lowest BCUT2D eigenvalue weighted by molar-refractivity contribution is 0.625. The van der Waals surface area contributed by atoms with Crippen LogP contribution in [-0.2, 0) is 13.0 Å². The van der Waals surface area contributed by atoms with E-state index in [0.717, 1.165) is 19.5 Å². The van der Waals surface area contributed by atoms with Gasteiger partial charge >= 0.3 is 0 Å². The molecule has 2 rings (SSSR count). The van der Waals surface area contributed by atoms with Gasteiger partial charge in [0.25, 0.3) is 0 Å². The van der Waals surface area contributed by atoms with E-state index in [-0.39, 0.29) is 0 Å². The number of nitrogens with zero attached hydrogens (tertiary/aromatic N) is 2. The molecule has 0 amide bonds. The number of hydrogen-bond acceptors (Lipinski definition) is 4. The van der Waals surface area contributed by atoms with Gasteiger partial charge in [0.2, 0.25) is 0 Å². The van der Waals surface area contributed by atoms with Crippen molar-refractivity contribution in [1.29, 1.82) is 0 Å². The van der Waals surface area contributed by atoms with E-state index < -0.39 is 0 Å². The van der Waals surface area contributed by atoms with Crippen molar-refractivity contribution in [2.24, 2.45) is 0 Å². The van der Waals surface area contributed by atoms with Gasteiger partial charge in [0.05, 0.1) is 5.69 Å². The molecule has 1 fully saturated rings. The van der Waals surface area contributed by atoms with E-state index in [9.17, 15) is 0 Å². The zero-order chi connectivity index (χ0) is 15.2. The van der Waals surface area contributed by atoms with Gasteiger partial charge in [-0.1, -0.05) is 27.2 Å². The zero-order valence-corrected chi connectivity index (χ0v) is 14.9. The highest BCUT2D eigenvalue weighted by molar-refractivity contribution is 7.15. The molecule has 1 N–H and O–H groups in total. The number of thiazole rings is 1. The monoisotopic (exact) mass is 309 g/mol. The van der Waals surface area contributed by atoms with Gasteiger partial charge in [0.15, 0.2) is 5.13 Å². The number of rotatable bonds is 8. The molecule has 0 bridgehead atoms. The summed E-state index contributed by atoms with van der Waals surface area (Å²) in [6.07, 6.45) is 7.34. The summed E-state index contributed by atoms with van der Waals surface area (Å²) in [6.45, 7) is 11.2. The average Bonchev–Trinajstić information content (AvgIpc) is 3.03. The van der Waals surface area contributed by atoms with E-state index in [1.807, 2.05) is 11.3 Å². The molecule has 0 saturated carbocycles. The fourth-order valence-corrected chi connectivity index (χ4v) is 4.50. The molecule has 0 aromatic carbocycles. The molecule has 21 heavy (non-hydrogen) atoms. The van der Waals surface area contributed by atoms with Gasteiger partial charge in [-0.25, -0.2) is 4.98 Å². The first-order chi connectivity index (χ1) is 10.2. The third-order valence-electron chi connectivity index (χ3n) is 4.44. The van der Waals surface area contributed by atoms with Crippen LogP contribution in [0.3, 0.4) is 0 Å². The van der Waals surface area contributed by atoms with Crippen LogP contribution in [0.2, 0.25) is 0 Å². The van der Waals surface area contributed by atoms with Crippen molar-refractivity contribution in [3.63, 3.8) is 0 Å². The molecule has 2 unspecified atom stereocenters. The van der Waals surface area contributed by atoms with Gasteiger partial charge in [0, 0.05) is 23.5 Å². The normalized spacial score (nSPS) is 22.2. The Bertz CT molecular complexity index is 430. The first-order valence-electron chi connectivity index (χ1n) is 8.68. The lowest BCUT2D eigenvalue weighted by atomic mass is 10.2. The third kappa shape index (κ3) is 3.98. The van der Waals surface area contributed by atoms with Crippen molar-refractivity contribution in [3.05, 3.63) is 10.6 Å². The van der Waals surface area contributed by atoms with Crippen LogP contribution in [0.15, 0.2) is 0 Å². The molecular formula is C17H31N3S. The van der Waals surface area contributed by atoms with Gasteiger partial charge in [-0.2, -0.15) is 0 Å². The second-order valence-electron chi connectivity index (χ2n) is 6.19. The second kappa shape index (κ2) is 8.14. The van der Waals surface area contributed by atoms with Crippen molar-refractivity contribution in [2.75, 3.05) is 11.4 Å². The maximum Gasteiger partial charge on any atom is 0.186 e. The number of aryl methyl sites for hydroxylation is 1. The molecule has 4 heteroatoms. The highest BCUT2D eigenvalue weighted by Crippen LogP contribution is 2.36. The number of aromatic nitrogens is 1. The number of nitrogens with one attached hydrogen (secondary N) is 1. The summed E-state index contributed by atoms with van der Waals surface area (Å²) in [7, 11) is 0. The molecule has 3 nitrogen and oxygen atoms in total. The van der Waals surface area contributed by atoms with Gasteiger partial charge in [-0.3, -0.25) is 0 Å². The second-order valence-corrected chi connectivity index (χ2v) is 7.25. The quantitative estimate of drug-likeness (QED) is 0.723. The molecule has 1 saturated heterocycles. The Labute approximate surface area is 134 Å². The van der Waals surface area contributed by atoms with E-state index in [0.29, 0.717) is 12.1 Å². The van der Waals surface area contributed by atoms with Gasteiger partial charge in [-0.15, -0.1) is 11.3 Å². The fourth-order valence-electron chi connectivity index (χ4n) is 3.25. The summed E-state index contributed by atoms with van der Waals surface area (Å²) in [5, 5.41) is 4.81. The Kier molecular flexibility index (Phi) is 6.49. The largest absolute Gasteiger partial charge is 0.342 e. The van der Waals surface area contributed by atoms with Crippen molar-refractivity contribution < 1.29 is 0 Å². The summed E-state index contributed by atoms with van der Waals surface area (Å²) in [6, 6.07) is 1.34. The molecule has 0 aliphatic carbocycles. The highest BCUT2D eigenvalue weighted by atomic mass is 32.1. The summed E-state index contributed by atoms with van der Waals surface area (Å²) < 4.78 is 0. The molecule has 0 spiro atoms. The Balaban J connectivity index is 2.17. The Morgan fingerprint density at radius 3 is 2.71 bits per heavy atom. The van der Waals surface area contributed by atoms with Crippen molar-refractivity contribution in [2.45, 2.75) is 84.8 Å². The molecule has 120 valence electrons. The summed E-state index contributed by atoms with van der Waals surface area (Å²) in [5.41, 5.74) is 1.33. The van der Waals surface area contributed by atoms with E-state index in [2.05, 4.69) is 37.9 Å². The van der Waals surface area contributed by atoms with Crippen LogP contribution in [0.5, 0.6) is 0 Å². The first kappa shape index (κ1) is 16.8. The van der Waals surface area contributed by atoms with Crippen LogP contribution >= 0.6 is 11.3 Å². The minimum atomic E-state index is 0.645. The molecular weight excluding hydrogens is 278 g/mol. The predicted molar refractivity (Wildman–Crippen MR) is 93.4 cm³/mol. The summed E-state index contributed by atoms with van der Waals surface area (Å²) >= 11 is 1.92. The lowest BCUT2D eigenvalue weighted by Crippen LogP contribution is -2.33. The van der Waals surface area contributed by atoms with Crippen molar-refractivity contribution >= 4 is 16.5 Å². The molecule has 1 aromatic heterocycles. The molecule has 2 heterocycles. The van der Waals surface area contributed by atoms with Gasteiger partial charge in [-0.05, 0) is 45.6 Å². The van der Waals surface area contributed by atoms with E-state index >= 15 is 0 Å². The minimum Gasteiger partial charge on any atom is -0.342 e. The Hall–Kier alpha value is -0.610. The summed E-state index contributed by atoms with van der Waals surface area (Å²) in [5.74, 6) is 0. The van der Waals surface area contributed by atoms with Gasteiger partial charge in [0.1, 0.15) is 0 Å². The maximum atomic E-state index is 5.01. The molecule has 1 aliphatic heterocycles. The standard InChI is InChI=1S/C17H31N3S/c1-5-8-15-16(12-18-11-6-2)21-17(19-15)20-13(4)9-10-14(20)7-3/h13-14,18H,5-12H2,1-4H3. The van der Waals surface area contributed by atoms with E-state index in [1.165, 1.54) is 47.8 Å². The molecule has 2 atom stereocenters. The Morgan fingerprint density at radius 2 is 2.05 bits per heavy atom. The van der Waals surface area contributed by atoms with Crippen LogP contribution in [0.25, 0.3) is 0 Å². The number of anilines is 1. The van der Waals surface area contributed by atoms with Gasteiger partial charge < -0.3 is 10.2 Å². The highest BCUT2D eigenvalue weighted by Gasteiger charge is 2.31. The van der Waals surface area contributed by atoms with E-state index in [4.69, 9.17) is 4.98 Å². The van der Waals surface area contributed by atoms with Crippen LogP contribution in [0, 0.1) is 0 Å². The fraction of sp³-hybridized carbons (Fsp3) is 0.824. The lowest BCUT2D eigenvalue weighted by Gasteiger charge is -2.27.